The van der Waals surface area contributed by atoms with E-state index in [4.69, 9.17) is 0 Å². The number of piperazine rings is 1. The largest absolute Gasteiger partial charge is 0.340 e. The second kappa shape index (κ2) is 7.20. The molecular formula is C18H24N4O3S. The summed E-state index contributed by atoms with van der Waals surface area (Å²) in [6.07, 6.45) is 0.340. The highest BCUT2D eigenvalue weighted by atomic mass is 32.2. The molecule has 1 N–H and O–H groups in total. The van der Waals surface area contributed by atoms with Crippen LogP contribution in [0.2, 0.25) is 0 Å². The fourth-order valence-electron chi connectivity index (χ4n) is 3.22. The standard InChI is InChI=1S/C18H24N4O3S/c1-13-4-6-16(7-5-13)12-17(23)21-8-10-22(11-9-21)26(24,25)18-14(2)19-20-15(18)3/h4-7H,8-12H2,1-3H3,(H,19,20). The van der Waals surface area contributed by atoms with Gasteiger partial charge < -0.3 is 4.90 Å². The third-order valence-corrected chi connectivity index (χ3v) is 6.89. The summed E-state index contributed by atoms with van der Waals surface area (Å²) in [6.45, 7) is 6.79. The summed E-state index contributed by atoms with van der Waals surface area (Å²) in [5, 5.41) is 6.70. The first-order valence-corrected chi connectivity index (χ1v) is 10.1. The number of amides is 1. The topological polar surface area (TPSA) is 86.4 Å². The van der Waals surface area contributed by atoms with Gasteiger partial charge in [-0.05, 0) is 26.3 Å². The highest BCUT2D eigenvalue weighted by molar-refractivity contribution is 7.89. The molecule has 0 atom stereocenters. The maximum atomic E-state index is 12.9. The molecule has 1 fully saturated rings. The van der Waals surface area contributed by atoms with Gasteiger partial charge in [0.25, 0.3) is 0 Å². The fraction of sp³-hybridized carbons (Fsp3) is 0.444. The number of carbonyl (C=O) groups excluding carboxylic acids is 1. The highest BCUT2D eigenvalue weighted by Gasteiger charge is 2.33. The summed E-state index contributed by atoms with van der Waals surface area (Å²) >= 11 is 0. The van der Waals surface area contributed by atoms with Gasteiger partial charge in [-0.3, -0.25) is 9.89 Å². The van der Waals surface area contributed by atoms with E-state index in [1.165, 1.54) is 4.31 Å². The molecule has 0 bridgehead atoms. The van der Waals surface area contributed by atoms with Gasteiger partial charge in [-0.15, -0.1) is 0 Å². The number of rotatable bonds is 4. The minimum Gasteiger partial charge on any atom is -0.340 e. The van der Waals surface area contributed by atoms with E-state index in [9.17, 15) is 13.2 Å². The molecule has 1 amide bonds. The summed E-state index contributed by atoms with van der Waals surface area (Å²) in [5.74, 6) is 0.0292. The maximum Gasteiger partial charge on any atom is 0.246 e. The normalized spacial score (nSPS) is 16.0. The smallest absolute Gasteiger partial charge is 0.246 e. The zero-order chi connectivity index (χ0) is 18.9. The van der Waals surface area contributed by atoms with Crippen LogP contribution >= 0.6 is 0 Å². The molecule has 140 valence electrons. The summed E-state index contributed by atoms with van der Waals surface area (Å²) < 4.78 is 27.1. The zero-order valence-electron chi connectivity index (χ0n) is 15.3. The first-order chi connectivity index (χ1) is 12.3. The number of nitrogens with zero attached hydrogens (tertiary/aromatic N) is 3. The van der Waals surface area contributed by atoms with Gasteiger partial charge in [0.15, 0.2) is 0 Å². The van der Waals surface area contributed by atoms with E-state index >= 15 is 0 Å². The van der Waals surface area contributed by atoms with E-state index < -0.39 is 10.0 Å². The first kappa shape index (κ1) is 18.6. The van der Waals surface area contributed by atoms with Crippen molar-refractivity contribution in [3.8, 4) is 0 Å². The van der Waals surface area contributed by atoms with Crippen LogP contribution < -0.4 is 0 Å². The van der Waals surface area contributed by atoms with Crippen molar-refractivity contribution in [3.05, 3.63) is 46.8 Å². The Bertz CT molecular complexity index is 876. The van der Waals surface area contributed by atoms with Crippen LogP contribution in [0.25, 0.3) is 0 Å². The number of benzene rings is 1. The second-order valence-corrected chi connectivity index (χ2v) is 8.59. The zero-order valence-corrected chi connectivity index (χ0v) is 16.1. The van der Waals surface area contributed by atoms with Crippen molar-refractivity contribution >= 4 is 15.9 Å². The minimum absolute atomic E-state index is 0.0292. The lowest BCUT2D eigenvalue weighted by atomic mass is 10.1. The van der Waals surface area contributed by atoms with Crippen molar-refractivity contribution in [2.45, 2.75) is 32.1 Å². The monoisotopic (exact) mass is 376 g/mol. The molecular weight excluding hydrogens is 352 g/mol. The number of sulfonamides is 1. The summed E-state index contributed by atoms with van der Waals surface area (Å²) in [4.78, 5) is 14.5. The predicted molar refractivity (Wildman–Crippen MR) is 98.3 cm³/mol. The molecule has 0 unspecified atom stereocenters. The lowest BCUT2D eigenvalue weighted by molar-refractivity contribution is -0.131. The molecule has 2 aromatic rings. The Hall–Kier alpha value is -2.19. The molecule has 1 aliphatic heterocycles. The van der Waals surface area contributed by atoms with Crippen LogP contribution in [0.3, 0.4) is 0 Å². The molecule has 0 radical (unpaired) electrons. The molecule has 26 heavy (non-hydrogen) atoms. The lowest BCUT2D eigenvalue weighted by Gasteiger charge is -2.34. The van der Waals surface area contributed by atoms with Crippen molar-refractivity contribution in [2.24, 2.45) is 0 Å². The Morgan fingerprint density at radius 3 is 2.23 bits per heavy atom. The first-order valence-electron chi connectivity index (χ1n) is 8.64. The van der Waals surface area contributed by atoms with Crippen LogP contribution in [0.5, 0.6) is 0 Å². The number of hydrogen-bond donors (Lipinski definition) is 1. The van der Waals surface area contributed by atoms with E-state index in [-0.39, 0.29) is 10.8 Å². The predicted octanol–water partition coefficient (Wildman–Crippen LogP) is 1.41. The van der Waals surface area contributed by atoms with Gasteiger partial charge in [-0.1, -0.05) is 29.8 Å². The molecule has 1 aromatic heterocycles. The summed E-state index contributed by atoms with van der Waals surface area (Å²) in [6, 6.07) is 7.89. The number of nitrogens with one attached hydrogen (secondary N) is 1. The molecule has 1 aliphatic rings. The van der Waals surface area contributed by atoms with Gasteiger partial charge in [0, 0.05) is 26.2 Å². The molecule has 8 heteroatoms. The average Bonchev–Trinajstić information content (AvgIpc) is 2.96. The summed E-state index contributed by atoms with van der Waals surface area (Å²) in [7, 11) is -3.59. The van der Waals surface area contributed by atoms with Crippen molar-refractivity contribution < 1.29 is 13.2 Å². The van der Waals surface area contributed by atoms with Crippen LogP contribution in [0, 0.1) is 20.8 Å². The number of H-pyrrole nitrogens is 1. The van der Waals surface area contributed by atoms with Gasteiger partial charge >= 0.3 is 0 Å². The number of carbonyl (C=O) groups is 1. The van der Waals surface area contributed by atoms with E-state index in [0.717, 1.165) is 11.1 Å². The Balaban J connectivity index is 1.63. The van der Waals surface area contributed by atoms with E-state index in [2.05, 4.69) is 10.2 Å². The lowest BCUT2D eigenvalue weighted by Crippen LogP contribution is -2.51. The third-order valence-electron chi connectivity index (χ3n) is 4.73. The number of aromatic nitrogens is 2. The van der Waals surface area contributed by atoms with Crippen molar-refractivity contribution in [1.82, 2.24) is 19.4 Å². The van der Waals surface area contributed by atoms with Crippen molar-refractivity contribution in [1.29, 1.82) is 0 Å². The van der Waals surface area contributed by atoms with Crippen LogP contribution in [-0.2, 0) is 21.2 Å². The van der Waals surface area contributed by atoms with Crippen LogP contribution in [0.1, 0.15) is 22.5 Å². The number of hydrogen-bond acceptors (Lipinski definition) is 4. The van der Waals surface area contributed by atoms with Crippen LogP contribution in [-0.4, -0.2) is 59.9 Å². The Morgan fingerprint density at radius 2 is 1.69 bits per heavy atom. The highest BCUT2D eigenvalue weighted by Crippen LogP contribution is 2.22. The summed E-state index contributed by atoms with van der Waals surface area (Å²) in [5.41, 5.74) is 3.14. The molecule has 0 aliphatic carbocycles. The van der Waals surface area contributed by atoms with Gasteiger partial charge in [0.1, 0.15) is 4.90 Å². The fourth-order valence-corrected chi connectivity index (χ4v) is 4.97. The average molecular weight is 376 g/mol. The molecule has 0 saturated carbocycles. The molecule has 0 spiro atoms. The second-order valence-electron chi connectivity index (χ2n) is 6.71. The van der Waals surface area contributed by atoms with Crippen molar-refractivity contribution in [2.75, 3.05) is 26.2 Å². The maximum absolute atomic E-state index is 12.9. The van der Waals surface area contributed by atoms with E-state index in [1.807, 2.05) is 31.2 Å². The molecule has 1 saturated heterocycles. The van der Waals surface area contributed by atoms with Crippen LogP contribution in [0.4, 0.5) is 0 Å². The van der Waals surface area contributed by atoms with Gasteiger partial charge in [-0.25, -0.2) is 8.42 Å². The Morgan fingerprint density at radius 1 is 1.08 bits per heavy atom. The van der Waals surface area contributed by atoms with E-state index in [1.54, 1.807) is 18.7 Å². The molecule has 2 heterocycles. The van der Waals surface area contributed by atoms with Gasteiger partial charge in [0.05, 0.1) is 17.8 Å². The van der Waals surface area contributed by atoms with Gasteiger partial charge in [-0.2, -0.15) is 9.40 Å². The Kier molecular flexibility index (Phi) is 5.15. The van der Waals surface area contributed by atoms with Crippen LogP contribution in [0.15, 0.2) is 29.2 Å². The molecule has 7 nitrogen and oxygen atoms in total. The van der Waals surface area contributed by atoms with E-state index in [0.29, 0.717) is 44.0 Å². The van der Waals surface area contributed by atoms with Crippen molar-refractivity contribution in [3.63, 3.8) is 0 Å². The van der Waals surface area contributed by atoms with Gasteiger partial charge in [0.2, 0.25) is 15.9 Å². The number of aryl methyl sites for hydroxylation is 3. The SMILES string of the molecule is Cc1ccc(CC(=O)N2CCN(S(=O)(=O)c3c(C)n[nH]c3C)CC2)cc1. The quantitative estimate of drug-likeness (QED) is 0.874. The minimum atomic E-state index is -3.59. The molecule has 1 aromatic carbocycles. The Labute approximate surface area is 154 Å². The molecule has 3 rings (SSSR count). The number of aromatic amines is 1. The third kappa shape index (κ3) is 3.66.